The van der Waals surface area contributed by atoms with Crippen LogP contribution < -0.4 is 10.6 Å². The predicted octanol–water partition coefficient (Wildman–Crippen LogP) is 5.15. The lowest BCUT2D eigenvalue weighted by atomic mass is 9.99. The number of amides is 3. The second-order valence-corrected chi connectivity index (χ2v) is 9.52. The lowest BCUT2D eigenvalue weighted by Crippen LogP contribution is -2.48. The topological polar surface area (TPSA) is 87.7 Å². The molecule has 0 bridgehead atoms. The number of aryl methyl sites for hydroxylation is 1. The van der Waals surface area contributed by atoms with Gasteiger partial charge in [0.1, 0.15) is 0 Å². The molecule has 7 heteroatoms. The van der Waals surface area contributed by atoms with E-state index < -0.39 is 18.2 Å². The van der Waals surface area contributed by atoms with E-state index in [9.17, 15) is 14.4 Å². The first-order valence-electron chi connectivity index (χ1n) is 12.6. The Morgan fingerprint density at radius 3 is 2.41 bits per heavy atom. The minimum absolute atomic E-state index is 0.0475. The maximum absolute atomic E-state index is 13.4. The van der Waals surface area contributed by atoms with Crippen LogP contribution in [0.25, 0.3) is 0 Å². The van der Waals surface area contributed by atoms with Crippen LogP contribution in [0.5, 0.6) is 0 Å². The first-order valence-corrected chi connectivity index (χ1v) is 12.6. The lowest BCUT2D eigenvalue weighted by molar-refractivity contribution is -0.127. The fraction of sp³-hybridized carbons (Fsp3) is 0.300. The van der Waals surface area contributed by atoms with Gasteiger partial charge in [0.05, 0.1) is 13.0 Å². The molecule has 1 fully saturated rings. The van der Waals surface area contributed by atoms with Gasteiger partial charge in [-0.1, -0.05) is 79.2 Å². The van der Waals surface area contributed by atoms with E-state index >= 15 is 0 Å². The largest absolute Gasteiger partial charge is 0.438 e. The van der Waals surface area contributed by atoms with Crippen LogP contribution in [-0.4, -0.2) is 34.9 Å². The number of carbonyl (C=O) groups is 3. The third kappa shape index (κ3) is 6.55. The summed E-state index contributed by atoms with van der Waals surface area (Å²) in [6.07, 6.45) is -0.353. The third-order valence-corrected chi connectivity index (χ3v) is 6.53. The van der Waals surface area contributed by atoms with Crippen LogP contribution in [0.1, 0.15) is 48.6 Å². The van der Waals surface area contributed by atoms with Gasteiger partial charge >= 0.3 is 6.09 Å². The van der Waals surface area contributed by atoms with Crippen molar-refractivity contribution in [2.24, 2.45) is 0 Å². The van der Waals surface area contributed by atoms with Crippen LogP contribution in [0.4, 0.5) is 10.5 Å². The zero-order chi connectivity index (χ0) is 26.4. The Hall–Kier alpha value is -4.13. The highest BCUT2D eigenvalue weighted by Crippen LogP contribution is 2.35. The highest BCUT2D eigenvalue weighted by atomic mass is 16.6. The average molecular weight is 500 g/mol. The minimum atomic E-state index is -0.849. The van der Waals surface area contributed by atoms with E-state index in [1.165, 1.54) is 4.90 Å². The summed E-state index contributed by atoms with van der Waals surface area (Å²) >= 11 is 0. The van der Waals surface area contributed by atoms with E-state index in [4.69, 9.17) is 4.74 Å². The average Bonchev–Trinajstić information content (AvgIpc) is 3.21. The second-order valence-electron chi connectivity index (χ2n) is 9.52. The van der Waals surface area contributed by atoms with Gasteiger partial charge in [-0.3, -0.25) is 14.5 Å². The van der Waals surface area contributed by atoms with Gasteiger partial charge in [-0.2, -0.15) is 0 Å². The minimum Gasteiger partial charge on any atom is -0.438 e. The van der Waals surface area contributed by atoms with E-state index in [1.54, 1.807) is 18.2 Å². The number of hydrogen-bond donors (Lipinski definition) is 2. The first kappa shape index (κ1) is 25.9. The number of ether oxygens (including phenoxy) is 1. The van der Waals surface area contributed by atoms with E-state index in [2.05, 4.69) is 10.6 Å². The molecule has 1 heterocycles. The summed E-state index contributed by atoms with van der Waals surface area (Å²) in [6.45, 7) is 6.17. The van der Waals surface area contributed by atoms with Crippen molar-refractivity contribution in [2.75, 3.05) is 5.32 Å². The quantitative estimate of drug-likeness (QED) is 0.426. The van der Waals surface area contributed by atoms with E-state index in [0.717, 1.165) is 23.1 Å². The van der Waals surface area contributed by atoms with Gasteiger partial charge in [-0.05, 0) is 49.1 Å². The van der Waals surface area contributed by atoms with Gasteiger partial charge in [0, 0.05) is 11.7 Å². The summed E-state index contributed by atoms with van der Waals surface area (Å²) in [5, 5.41) is 5.92. The summed E-state index contributed by atoms with van der Waals surface area (Å²) in [5.74, 6) is -0.422. The molecule has 0 radical (unpaired) electrons. The maximum atomic E-state index is 13.4. The number of nitrogens with one attached hydrogen (secondary N) is 2. The smallest absolute Gasteiger partial charge is 0.411 e. The summed E-state index contributed by atoms with van der Waals surface area (Å²) < 4.78 is 5.77. The molecule has 4 rings (SSSR count). The molecule has 0 saturated carbocycles. The Bertz CT molecular complexity index is 1240. The number of rotatable bonds is 9. The zero-order valence-corrected chi connectivity index (χ0v) is 21.4. The van der Waals surface area contributed by atoms with Gasteiger partial charge < -0.3 is 15.4 Å². The maximum Gasteiger partial charge on any atom is 0.411 e. The molecule has 3 aromatic carbocycles. The number of anilines is 1. The van der Waals surface area contributed by atoms with Crippen LogP contribution in [0.2, 0.25) is 0 Å². The number of nitrogens with zero attached hydrogens (tertiary/aromatic N) is 1. The summed E-state index contributed by atoms with van der Waals surface area (Å²) in [7, 11) is 0. The van der Waals surface area contributed by atoms with Crippen LogP contribution in [0.3, 0.4) is 0 Å². The van der Waals surface area contributed by atoms with Crippen molar-refractivity contribution in [3.8, 4) is 0 Å². The molecular formula is C30H33N3O4. The molecule has 3 aromatic rings. The van der Waals surface area contributed by atoms with E-state index in [-0.39, 0.29) is 30.8 Å². The van der Waals surface area contributed by atoms with Crippen molar-refractivity contribution >= 4 is 23.6 Å². The van der Waals surface area contributed by atoms with Crippen molar-refractivity contribution in [3.05, 3.63) is 101 Å². The number of hydrogen-bond acceptors (Lipinski definition) is 4. The molecule has 7 nitrogen and oxygen atoms in total. The molecule has 3 atom stereocenters. The highest BCUT2D eigenvalue weighted by Gasteiger charge is 2.47. The highest BCUT2D eigenvalue weighted by molar-refractivity contribution is 5.92. The van der Waals surface area contributed by atoms with Gasteiger partial charge in [0.2, 0.25) is 11.8 Å². The molecule has 0 unspecified atom stereocenters. The van der Waals surface area contributed by atoms with Crippen LogP contribution in [0.15, 0.2) is 78.9 Å². The van der Waals surface area contributed by atoms with Crippen LogP contribution >= 0.6 is 0 Å². The molecule has 0 spiro atoms. The van der Waals surface area contributed by atoms with E-state index in [1.807, 2.05) is 81.4 Å². The molecule has 37 heavy (non-hydrogen) atoms. The normalized spacial score (nSPS) is 17.7. The molecule has 0 aliphatic carbocycles. The molecule has 1 aliphatic heterocycles. The number of carbonyl (C=O) groups excluding carboxylic acids is 3. The lowest BCUT2D eigenvalue weighted by Gasteiger charge is -2.26. The predicted molar refractivity (Wildman–Crippen MR) is 143 cm³/mol. The molecule has 1 saturated heterocycles. The fourth-order valence-electron chi connectivity index (χ4n) is 4.31. The number of cyclic esters (lactones) is 1. The standard InChI is InChI=1S/C30H33N3O4/c1-4-21(3)31-29(35)27-28(37-30(36)33(27)19-23-15-13-20(2)14-16-23)24-11-8-12-25(18-24)32-26(34)17-22-9-6-5-7-10-22/h5-16,18,21,27-28H,4,17,19H2,1-3H3,(H,31,35)(H,32,34)/t21-,27-,28-/m0/s1. The zero-order valence-electron chi connectivity index (χ0n) is 21.4. The second kappa shape index (κ2) is 11.7. The molecule has 0 aromatic heterocycles. The van der Waals surface area contributed by atoms with E-state index in [0.29, 0.717) is 11.3 Å². The van der Waals surface area contributed by atoms with Crippen molar-refractivity contribution in [3.63, 3.8) is 0 Å². The summed E-state index contributed by atoms with van der Waals surface area (Å²) in [6, 6.07) is 23.6. The summed E-state index contributed by atoms with van der Waals surface area (Å²) in [4.78, 5) is 40.5. The Labute approximate surface area is 217 Å². The Morgan fingerprint density at radius 1 is 0.973 bits per heavy atom. The molecule has 3 amide bonds. The Kier molecular flexibility index (Phi) is 8.23. The van der Waals surface area contributed by atoms with Crippen molar-refractivity contribution < 1.29 is 19.1 Å². The van der Waals surface area contributed by atoms with Crippen LogP contribution in [0, 0.1) is 6.92 Å². The first-order chi connectivity index (χ1) is 17.8. The number of benzene rings is 3. The Balaban J connectivity index is 1.57. The third-order valence-electron chi connectivity index (χ3n) is 6.53. The van der Waals surface area contributed by atoms with Gasteiger partial charge in [0.15, 0.2) is 12.1 Å². The fourth-order valence-corrected chi connectivity index (χ4v) is 4.31. The van der Waals surface area contributed by atoms with Crippen molar-refractivity contribution in [1.29, 1.82) is 0 Å². The van der Waals surface area contributed by atoms with Crippen molar-refractivity contribution in [1.82, 2.24) is 10.2 Å². The van der Waals surface area contributed by atoms with Gasteiger partial charge in [0.25, 0.3) is 0 Å². The van der Waals surface area contributed by atoms with Crippen LogP contribution in [-0.2, 0) is 27.3 Å². The SMILES string of the molecule is CC[C@H](C)NC(=O)[C@@H]1[C@H](c2cccc(NC(=O)Cc3ccccc3)c2)OC(=O)N1Cc1ccc(C)cc1. The summed E-state index contributed by atoms with van der Waals surface area (Å²) in [5.41, 5.74) is 4.15. The molecular weight excluding hydrogens is 466 g/mol. The molecule has 2 N–H and O–H groups in total. The van der Waals surface area contributed by atoms with Gasteiger partial charge in [-0.15, -0.1) is 0 Å². The monoisotopic (exact) mass is 499 g/mol. The Morgan fingerprint density at radius 2 is 1.70 bits per heavy atom. The van der Waals surface area contributed by atoms with Crippen molar-refractivity contribution in [2.45, 2.75) is 58.3 Å². The molecule has 1 aliphatic rings. The van der Waals surface area contributed by atoms with Gasteiger partial charge in [-0.25, -0.2) is 4.79 Å². The molecule has 192 valence electrons.